The molecule has 1 heterocycles. The molecule has 0 spiro atoms. The predicted octanol–water partition coefficient (Wildman–Crippen LogP) is 5.73. The monoisotopic (exact) mass is 398 g/mol. The van der Waals surface area contributed by atoms with Crippen LogP contribution in [0.1, 0.15) is 10.4 Å². The van der Waals surface area contributed by atoms with Gasteiger partial charge in [0.2, 0.25) is 5.78 Å². The fraction of sp³-hybridized carbons (Fsp3) is 0.0833. The molecule has 2 nitrogen and oxygen atoms in total. The summed E-state index contributed by atoms with van der Waals surface area (Å²) in [5.41, 5.74) is 0.366. The van der Waals surface area contributed by atoms with Crippen molar-refractivity contribution in [3.8, 4) is 5.75 Å². The van der Waals surface area contributed by atoms with Crippen LogP contribution >= 0.6 is 62.1 Å². The number of Topliss-reactive ketones (excluding diaryl/α,β-unsaturated/α-hetero) is 1. The van der Waals surface area contributed by atoms with Crippen molar-refractivity contribution in [2.24, 2.45) is 0 Å². The van der Waals surface area contributed by atoms with Gasteiger partial charge in [-0.1, -0.05) is 50.7 Å². The summed E-state index contributed by atoms with van der Waals surface area (Å²) in [6.45, 7) is -0.145. The molecule has 19 heavy (non-hydrogen) atoms. The number of halogens is 4. The number of ketones is 1. The molecule has 0 aliphatic carbocycles. The van der Waals surface area contributed by atoms with Crippen LogP contribution in [-0.2, 0) is 0 Å². The Hall–Kier alpha value is -0.260. The zero-order chi connectivity index (χ0) is 14.0. The maximum Gasteiger partial charge on any atom is 0.202 e. The minimum atomic E-state index is -0.243. The molecule has 0 bridgehead atoms. The summed E-state index contributed by atoms with van der Waals surface area (Å²) in [7, 11) is 0. The van der Waals surface area contributed by atoms with E-state index in [1.54, 1.807) is 18.2 Å². The molecule has 0 fully saturated rings. The molecule has 0 saturated heterocycles. The van der Waals surface area contributed by atoms with Crippen molar-refractivity contribution in [1.29, 1.82) is 0 Å². The van der Waals surface area contributed by atoms with E-state index in [9.17, 15) is 4.79 Å². The highest BCUT2D eigenvalue weighted by Crippen LogP contribution is 2.32. The lowest BCUT2D eigenvalue weighted by atomic mass is 10.2. The molecular formula is C12H6BrCl3O2S. The largest absolute Gasteiger partial charge is 0.484 e. The summed E-state index contributed by atoms with van der Waals surface area (Å²) in [6.07, 6.45) is 0. The average Bonchev–Trinajstić information content (AvgIpc) is 2.67. The molecule has 0 aliphatic heterocycles. The van der Waals surface area contributed by atoms with Crippen LogP contribution in [0.2, 0.25) is 13.7 Å². The molecule has 0 atom stereocenters. The van der Waals surface area contributed by atoms with Crippen molar-refractivity contribution >= 4 is 67.9 Å². The molecule has 0 amide bonds. The highest BCUT2D eigenvalue weighted by atomic mass is 79.9. The summed E-state index contributed by atoms with van der Waals surface area (Å²) in [4.78, 5) is 11.9. The molecule has 0 aliphatic rings. The first-order chi connectivity index (χ1) is 8.97. The zero-order valence-corrected chi connectivity index (χ0v) is 13.9. The van der Waals surface area contributed by atoms with E-state index in [0.717, 1.165) is 15.8 Å². The van der Waals surface area contributed by atoms with Crippen molar-refractivity contribution in [1.82, 2.24) is 0 Å². The first kappa shape index (κ1) is 15.1. The Morgan fingerprint density at radius 1 is 1.26 bits per heavy atom. The Morgan fingerprint density at radius 2 is 2.00 bits per heavy atom. The number of benzene rings is 1. The molecule has 0 radical (unpaired) electrons. The summed E-state index contributed by atoms with van der Waals surface area (Å²) in [5.74, 6) is 0.197. The molecule has 1 aromatic heterocycles. The van der Waals surface area contributed by atoms with E-state index in [4.69, 9.17) is 39.5 Å². The van der Waals surface area contributed by atoms with Gasteiger partial charge in [-0.3, -0.25) is 4.79 Å². The van der Waals surface area contributed by atoms with Crippen LogP contribution in [0, 0.1) is 0 Å². The van der Waals surface area contributed by atoms with Crippen LogP contribution < -0.4 is 4.74 Å². The molecule has 0 unspecified atom stereocenters. The normalized spacial score (nSPS) is 10.5. The number of thiophene rings is 1. The first-order valence-electron chi connectivity index (χ1n) is 5.03. The summed E-state index contributed by atoms with van der Waals surface area (Å²) < 4.78 is 7.04. The second-order valence-corrected chi connectivity index (χ2v) is 7.13. The van der Waals surface area contributed by atoms with E-state index in [1.165, 1.54) is 6.07 Å². The van der Waals surface area contributed by atoms with Gasteiger partial charge in [0.1, 0.15) is 10.1 Å². The highest BCUT2D eigenvalue weighted by Gasteiger charge is 2.15. The molecule has 2 aromatic rings. The number of carbonyl (C=O) groups is 1. The van der Waals surface area contributed by atoms with Gasteiger partial charge in [0, 0.05) is 4.47 Å². The standard InChI is InChI=1S/C12H6BrCl3O2S/c13-6-1-2-10(8(14)3-6)18-5-9(17)7-4-11(15)19-12(7)16/h1-4H,5H2. The van der Waals surface area contributed by atoms with Crippen LogP contribution in [0.25, 0.3) is 0 Å². The maximum absolute atomic E-state index is 11.9. The van der Waals surface area contributed by atoms with Gasteiger partial charge in [0.05, 0.1) is 14.9 Å². The number of rotatable bonds is 4. The van der Waals surface area contributed by atoms with Gasteiger partial charge in [-0.15, -0.1) is 11.3 Å². The molecule has 0 N–H and O–H groups in total. The number of carbonyl (C=O) groups excluding carboxylic acids is 1. The molecule has 2 rings (SSSR count). The number of hydrogen-bond donors (Lipinski definition) is 0. The Bertz CT molecular complexity index is 627. The van der Waals surface area contributed by atoms with Gasteiger partial charge < -0.3 is 4.74 Å². The van der Waals surface area contributed by atoms with Crippen LogP contribution in [0.15, 0.2) is 28.7 Å². The summed E-state index contributed by atoms with van der Waals surface area (Å²) in [6, 6.07) is 6.68. The third-order valence-electron chi connectivity index (χ3n) is 2.21. The van der Waals surface area contributed by atoms with Gasteiger partial charge >= 0.3 is 0 Å². The van der Waals surface area contributed by atoms with Gasteiger partial charge in [0.15, 0.2) is 6.61 Å². The molecule has 1 aromatic carbocycles. The van der Waals surface area contributed by atoms with Crippen LogP contribution in [0.3, 0.4) is 0 Å². The van der Waals surface area contributed by atoms with Gasteiger partial charge in [-0.25, -0.2) is 0 Å². The Labute approximate surface area is 137 Å². The SMILES string of the molecule is O=C(COc1ccc(Br)cc1Cl)c1cc(Cl)sc1Cl. The van der Waals surface area contributed by atoms with Crippen molar-refractivity contribution in [2.45, 2.75) is 0 Å². The molecule has 0 saturated carbocycles. The topological polar surface area (TPSA) is 26.3 Å². The van der Waals surface area contributed by atoms with Crippen LogP contribution in [0.5, 0.6) is 5.75 Å². The van der Waals surface area contributed by atoms with Crippen molar-refractivity contribution < 1.29 is 9.53 Å². The van der Waals surface area contributed by atoms with Gasteiger partial charge in [0.25, 0.3) is 0 Å². The van der Waals surface area contributed by atoms with Gasteiger partial charge in [-0.05, 0) is 24.3 Å². The van der Waals surface area contributed by atoms with Crippen molar-refractivity contribution in [3.63, 3.8) is 0 Å². The minimum Gasteiger partial charge on any atom is -0.484 e. The molecule has 7 heteroatoms. The molecule has 100 valence electrons. The lowest BCUT2D eigenvalue weighted by Gasteiger charge is -2.07. The minimum absolute atomic E-state index is 0.145. The number of hydrogen-bond acceptors (Lipinski definition) is 3. The van der Waals surface area contributed by atoms with E-state index < -0.39 is 0 Å². The van der Waals surface area contributed by atoms with E-state index in [0.29, 0.717) is 25.0 Å². The van der Waals surface area contributed by atoms with Crippen LogP contribution in [-0.4, -0.2) is 12.4 Å². The second-order valence-electron chi connectivity index (χ2n) is 3.52. The van der Waals surface area contributed by atoms with Gasteiger partial charge in [-0.2, -0.15) is 0 Å². The third-order valence-corrected chi connectivity index (χ3v) is 4.49. The third kappa shape index (κ3) is 3.86. The summed E-state index contributed by atoms with van der Waals surface area (Å²) in [5, 5.41) is 0.427. The fourth-order valence-corrected chi connectivity index (χ4v) is 3.57. The fourth-order valence-electron chi connectivity index (χ4n) is 1.34. The van der Waals surface area contributed by atoms with E-state index in [-0.39, 0.29) is 12.4 Å². The lowest BCUT2D eigenvalue weighted by molar-refractivity contribution is 0.0922. The van der Waals surface area contributed by atoms with E-state index >= 15 is 0 Å². The quantitative estimate of drug-likeness (QED) is 0.613. The van der Waals surface area contributed by atoms with Crippen molar-refractivity contribution in [2.75, 3.05) is 6.61 Å². The second kappa shape index (κ2) is 6.46. The van der Waals surface area contributed by atoms with E-state index in [2.05, 4.69) is 15.9 Å². The maximum atomic E-state index is 11.9. The zero-order valence-electron chi connectivity index (χ0n) is 9.25. The van der Waals surface area contributed by atoms with E-state index in [1.807, 2.05) is 0 Å². The first-order valence-corrected chi connectivity index (χ1v) is 7.77. The Morgan fingerprint density at radius 3 is 2.58 bits per heavy atom. The predicted molar refractivity (Wildman–Crippen MR) is 83.3 cm³/mol. The Kier molecular flexibility index (Phi) is 5.15. The van der Waals surface area contributed by atoms with Crippen molar-refractivity contribution in [3.05, 3.63) is 48.0 Å². The smallest absolute Gasteiger partial charge is 0.202 e. The summed E-state index contributed by atoms with van der Waals surface area (Å²) >= 11 is 22.1. The molecular weight excluding hydrogens is 394 g/mol. The Balaban J connectivity index is 2.06. The highest BCUT2D eigenvalue weighted by molar-refractivity contribution is 9.10. The average molecular weight is 401 g/mol. The van der Waals surface area contributed by atoms with Crippen LogP contribution in [0.4, 0.5) is 0 Å². The number of ether oxygens (including phenoxy) is 1. The lowest BCUT2D eigenvalue weighted by Crippen LogP contribution is -2.11.